The van der Waals surface area contributed by atoms with E-state index in [-0.39, 0.29) is 0 Å². The first kappa shape index (κ1) is 15.8. The van der Waals surface area contributed by atoms with E-state index in [1.165, 1.54) is 37.7 Å². The third-order valence-corrected chi connectivity index (χ3v) is 6.89. The summed E-state index contributed by atoms with van der Waals surface area (Å²) >= 11 is 0. The fraction of sp³-hybridized carbons (Fsp3) is 0.667. The molecular formula is C18H31NSi. The van der Waals surface area contributed by atoms with Crippen LogP contribution < -0.4 is 10.5 Å². The highest BCUT2D eigenvalue weighted by Gasteiger charge is 2.23. The van der Waals surface area contributed by atoms with Crippen LogP contribution in [0.1, 0.15) is 44.6 Å². The molecule has 112 valence electrons. The van der Waals surface area contributed by atoms with Crippen molar-refractivity contribution in [3.05, 3.63) is 29.8 Å². The molecule has 2 atom stereocenters. The number of nitrogens with one attached hydrogen (secondary N) is 1. The molecule has 0 amide bonds. The monoisotopic (exact) mass is 289 g/mol. The van der Waals surface area contributed by atoms with E-state index in [1.807, 2.05) is 0 Å². The van der Waals surface area contributed by atoms with Crippen molar-refractivity contribution in [2.75, 3.05) is 0 Å². The Morgan fingerprint density at radius 3 is 2.30 bits per heavy atom. The second-order valence-electron chi connectivity index (χ2n) is 7.39. The van der Waals surface area contributed by atoms with Gasteiger partial charge in [0.15, 0.2) is 0 Å². The van der Waals surface area contributed by atoms with Crippen LogP contribution in [0.15, 0.2) is 24.3 Å². The number of hydrogen-bond acceptors (Lipinski definition) is 1. The molecule has 1 aliphatic rings. The Kier molecular flexibility index (Phi) is 5.45. The van der Waals surface area contributed by atoms with E-state index in [2.05, 4.69) is 56.1 Å². The molecule has 0 radical (unpaired) electrons. The Morgan fingerprint density at radius 2 is 1.70 bits per heavy atom. The van der Waals surface area contributed by atoms with Crippen molar-refractivity contribution < 1.29 is 0 Å². The van der Waals surface area contributed by atoms with Crippen LogP contribution in [-0.2, 0) is 6.54 Å². The third kappa shape index (κ3) is 4.19. The minimum absolute atomic E-state index is 0.741. The standard InChI is InChI=1S/C18H31NSi/c1-5-16-8-6-7-9-18(16)19-14-15-10-12-17(13-11-15)20(2,3)4/h10-13,16,18-19H,5-9,14H2,1-4H3. The van der Waals surface area contributed by atoms with Gasteiger partial charge in [0, 0.05) is 12.6 Å². The van der Waals surface area contributed by atoms with Gasteiger partial charge in [-0.25, -0.2) is 0 Å². The second kappa shape index (κ2) is 6.90. The molecule has 0 saturated heterocycles. The van der Waals surface area contributed by atoms with E-state index in [0.29, 0.717) is 0 Å². The van der Waals surface area contributed by atoms with E-state index < -0.39 is 8.07 Å². The van der Waals surface area contributed by atoms with Gasteiger partial charge in [-0.2, -0.15) is 0 Å². The van der Waals surface area contributed by atoms with Gasteiger partial charge < -0.3 is 5.32 Å². The predicted octanol–water partition coefficient (Wildman–Crippen LogP) is 4.29. The maximum Gasteiger partial charge on any atom is 0.0775 e. The Balaban J connectivity index is 1.90. The highest BCUT2D eigenvalue weighted by Crippen LogP contribution is 2.26. The van der Waals surface area contributed by atoms with Crippen molar-refractivity contribution in [1.29, 1.82) is 0 Å². The summed E-state index contributed by atoms with van der Waals surface area (Å²) in [5.74, 6) is 0.894. The zero-order valence-corrected chi connectivity index (χ0v) is 14.7. The van der Waals surface area contributed by atoms with Crippen LogP contribution in [0.3, 0.4) is 0 Å². The molecule has 1 fully saturated rings. The summed E-state index contributed by atoms with van der Waals surface area (Å²) in [7, 11) is -1.15. The molecule has 1 saturated carbocycles. The fourth-order valence-corrected chi connectivity index (χ4v) is 4.50. The molecule has 0 bridgehead atoms. The predicted molar refractivity (Wildman–Crippen MR) is 92.3 cm³/mol. The SMILES string of the molecule is CCC1CCCCC1NCc1ccc([Si](C)(C)C)cc1. The molecule has 1 aromatic rings. The van der Waals surface area contributed by atoms with Crippen molar-refractivity contribution in [2.24, 2.45) is 5.92 Å². The zero-order chi connectivity index (χ0) is 14.6. The lowest BCUT2D eigenvalue weighted by atomic mass is 9.83. The highest BCUT2D eigenvalue weighted by atomic mass is 28.3. The van der Waals surface area contributed by atoms with Crippen molar-refractivity contribution in [3.63, 3.8) is 0 Å². The van der Waals surface area contributed by atoms with Gasteiger partial charge in [-0.3, -0.25) is 0 Å². The first-order valence-electron chi connectivity index (χ1n) is 8.33. The lowest BCUT2D eigenvalue weighted by molar-refractivity contribution is 0.254. The van der Waals surface area contributed by atoms with Crippen LogP contribution in [0.25, 0.3) is 0 Å². The summed E-state index contributed by atoms with van der Waals surface area (Å²) in [6.07, 6.45) is 6.95. The molecule has 20 heavy (non-hydrogen) atoms. The van der Waals surface area contributed by atoms with Crippen LogP contribution in [-0.4, -0.2) is 14.1 Å². The van der Waals surface area contributed by atoms with E-state index in [4.69, 9.17) is 0 Å². The van der Waals surface area contributed by atoms with E-state index >= 15 is 0 Å². The maximum absolute atomic E-state index is 3.81. The third-order valence-electron chi connectivity index (χ3n) is 4.82. The summed E-state index contributed by atoms with van der Waals surface area (Å²) in [5.41, 5.74) is 1.44. The van der Waals surface area contributed by atoms with Gasteiger partial charge in [0.25, 0.3) is 0 Å². The van der Waals surface area contributed by atoms with Crippen LogP contribution in [0.4, 0.5) is 0 Å². The molecule has 1 aromatic carbocycles. The summed E-state index contributed by atoms with van der Waals surface area (Å²) in [6.45, 7) is 10.6. The summed E-state index contributed by atoms with van der Waals surface area (Å²) in [5, 5.41) is 5.37. The van der Waals surface area contributed by atoms with Gasteiger partial charge in [0.1, 0.15) is 0 Å². The zero-order valence-electron chi connectivity index (χ0n) is 13.7. The minimum atomic E-state index is -1.15. The summed E-state index contributed by atoms with van der Waals surface area (Å²) in [6, 6.07) is 10.1. The lowest BCUT2D eigenvalue weighted by Gasteiger charge is -2.31. The van der Waals surface area contributed by atoms with Crippen LogP contribution in [0.2, 0.25) is 19.6 Å². The maximum atomic E-state index is 3.81. The largest absolute Gasteiger partial charge is 0.310 e. The molecule has 2 heteroatoms. The van der Waals surface area contributed by atoms with Gasteiger partial charge in [-0.1, -0.05) is 75.3 Å². The highest BCUT2D eigenvalue weighted by molar-refractivity contribution is 6.88. The minimum Gasteiger partial charge on any atom is -0.310 e. The lowest BCUT2D eigenvalue weighted by Crippen LogP contribution is -2.38. The molecule has 2 unspecified atom stereocenters. The molecule has 0 aliphatic heterocycles. The average molecular weight is 290 g/mol. The summed E-state index contributed by atoms with van der Waals surface area (Å²) in [4.78, 5) is 0. The normalized spacial score (nSPS) is 23.8. The average Bonchev–Trinajstić information content (AvgIpc) is 2.45. The van der Waals surface area contributed by atoms with Gasteiger partial charge in [0.2, 0.25) is 0 Å². The van der Waals surface area contributed by atoms with E-state index in [9.17, 15) is 0 Å². The topological polar surface area (TPSA) is 12.0 Å². The van der Waals surface area contributed by atoms with Crippen molar-refractivity contribution in [3.8, 4) is 0 Å². The molecule has 1 aliphatic carbocycles. The van der Waals surface area contributed by atoms with Crippen LogP contribution >= 0.6 is 0 Å². The Hall–Kier alpha value is -0.603. The van der Waals surface area contributed by atoms with Gasteiger partial charge in [-0.05, 0) is 24.3 Å². The molecule has 0 spiro atoms. The Morgan fingerprint density at radius 1 is 1.05 bits per heavy atom. The van der Waals surface area contributed by atoms with Crippen LogP contribution in [0, 0.1) is 5.92 Å². The van der Waals surface area contributed by atoms with Crippen LogP contribution in [0.5, 0.6) is 0 Å². The quantitative estimate of drug-likeness (QED) is 0.797. The number of benzene rings is 1. The molecule has 1 N–H and O–H groups in total. The first-order chi connectivity index (χ1) is 9.50. The molecule has 1 nitrogen and oxygen atoms in total. The fourth-order valence-electron chi connectivity index (χ4n) is 3.34. The molecule has 0 heterocycles. The van der Waals surface area contributed by atoms with E-state index in [0.717, 1.165) is 18.5 Å². The van der Waals surface area contributed by atoms with Crippen molar-refractivity contribution >= 4 is 13.3 Å². The molecule has 0 aromatic heterocycles. The number of hydrogen-bond donors (Lipinski definition) is 1. The Bertz CT molecular complexity index is 404. The van der Waals surface area contributed by atoms with Crippen molar-refractivity contribution in [1.82, 2.24) is 5.32 Å². The van der Waals surface area contributed by atoms with Gasteiger partial charge in [0.05, 0.1) is 8.07 Å². The smallest absolute Gasteiger partial charge is 0.0775 e. The van der Waals surface area contributed by atoms with E-state index in [1.54, 1.807) is 5.19 Å². The molecular weight excluding hydrogens is 258 g/mol. The Labute approximate surface area is 126 Å². The van der Waals surface area contributed by atoms with Crippen molar-refractivity contribution in [2.45, 2.75) is 71.3 Å². The van der Waals surface area contributed by atoms with Gasteiger partial charge >= 0.3 is 0 Å². The van der Waals surface area contributed by atoms with Gasteiger partial charge in [-0.15, -0.1) is 0 Å². The first-order valence-corrected chi connectivity index (χ1v) is 11.8. The molecule has 2 rings (SSSR count). The number of rotatable bonds is 5. The second-order valence-corrected chi connectivity index (χ2v) is 12.5. The summed E-state index contributed by atoms with van der Waals surface area (Å²) < 4.78 is 0.